The van der Waals surface area contributed by atoms with E-state index in [1.165, 1.54) is 0 Å². The van der Waals surface area contributed by atoms with Crippen LogP contribution in [0.1, 0.15) is 19.4 Å². The third-order valence-electron chi connectivity index (χ3n) is 4.64. The Labute approximate surface area is 165 Å². The molecule has 144 valence electrons. The number of nitrogens with zero attached hydrogens (tertiary/aromatic N) is 2. The number of carbonyl (C=O) groups is 1. The third kappa shape index (κ3) is 4.66. The van der Waals surface area contributed by atoms with Gasteiger partial charge >= 0.3 is 6.03 Å². The Kier molecular flexibility index (Phi) is 6.11. The van der Waals surface area contributed by atoms with Gasteiger partial charge in [0.15, 0.2) is 0 Å². The lowest BCUT2D eigenvalue weighted by molar-refractivity contribution is 0.207. The molecule has 0 bridgehead atoms. The first-order valence-corrected chi connectivity index (χ1v) is 9.65. The molecule has 1 heterocycles. The van der Waals surface area contributed by atoms with Crippen LogP contribution >= 0.6 is 11.6 Å². The molecule has 1 fully saturated rings. The van der Waals surface area contributed by atoms with E-state index >= 15 is 0 Å². The second kappa shape index (κ2) is 8.53. The van der Waals surface area contributed by atoms with Gasteiger partial charge in [-0.15, -0.1) is 0 Å². The lowest BCUT2D eigenvalue weighted by Gasteiger charge is -2.36. The standard InChI is InChI=1S/C21H26ClN3O2/c1-15(2)27-20-10-5-4-9-19(20)24-11-13-25(14-12-24)21(26)23-18-8-6-7-17(22)16(18)3/h4-10,15H,11-14H2,1-3H3,(H,23,26). The summed E-state index contributed by atoms with van der Waals surface area (Å²) in [5.41, 5.74) is 2.72. The van der Waals surface area contributed by atoms with Crippen molar-refractivity contribution < 1.29 is 9.53 Å². The molecule has 0 spiro atoms. The van der Waals surface area contributed by atoms with Crippen molar-refractivity contribution in [1.29, 1.82) is 0 Å². The van der Waals surface area contributed by atoms with Crippen LogP contribution in [0.15, 0.2) is 42.5 Å². The van der Waals surface area contributed by atoms with Crippen molar-refractivity contribution in [2.75, 3.05) is 36.4 Å². The van der Waals surface area contributed by atoms with Crippen LogP contribution in [0.5, 0.6) is 5.75 Å². The fraction of sp³-hybridized carbons (Fsp3) is 0.381. The number of nitrogens with one attached hydrogen (secondary N) is 1. The number of ether oxygens (including phenoxy) is 1. The summed E-state index contributed by atoms with van der Waals surface area (Å²) < 4.78 is 5.93. The van der Waals surface area contributed by atoms with Crippen LogP contribution in [0.3, 0.4) is 0 Å². The number of rotatable bonds is 4. The smallest absolute Gasteiger partial charge is 0.321 e. The highest BCUT2D eigenvalue weighted by atomic mass is 35.5. The van der Waals surface area contributed by atoms with E-state index in [4.69, 9.17) is 16.3 Å². The van der Waals surface area contributed by atoms with Gasteiger partial charge in [-0.05, 0) is 50.6 Å². The first-order chi connectivity index (χ1) is 13.0. The maximum Gasteiger partial charge on any atom is 0.321 e. The predicted octanol–water partition coefficient (Wildman–Crippen LogP) is 4.79. The fourth-order valence-electron chi connectivity index (χ4n) is 3.16. The molecule has 0 saturated carbocycles. The molecule has 5 nitrogen and oxygen atoms in total. The molecule has 1 aliphatic rings. The molecule has 27 heavy (non-hydrogen) atoms. The molecular weight excluding hydrogens is 362 g/mol. The molecule has 1 saturated heterocycles. The third-order valence-corrected chi connectivity index (χ3v) is 5.05. The molecule has 0 aliphatic carbocycles. The van der Waals surface area contributed by atoms with Crippen molar-refractivity contribution in [2.24, 2.45) is 0 Å². The van der Waals surface area contributed by atoms with Gasteiger partial charge in [-0.1, -0.05) is 29.8 Å². The summed E-state index contributed by atoms with van der Waals surface area (Å²) in [6.45, 7) is 8.79. The Bertz CT molecular complexity index is 802. The number of amides is 2. The van der Waals surface area contributed by atoms with Crippen LogP contribution in [-0.4, -0.2) is 43.2 Å². The van der Waals surface area contributed by atoms with Gasteiger partial charge in [-0.2, -0.15) is 0 Å². The summed E-state index contributed by atoms with van der Waals surface area (Å²) in [7, 11) is 0. The number of urea groups is 1. The average Bonchev–Trinajstić information content (AvgIpc) is 2.65. The van der Waals surface area contributed by atoms with Crippen molar-refractivity contribution in [3.63, 3.8) is 0 Å². The van der Waals surface area contributed by atoms with Gasteiger partial charge in [0, 0.05) is 36.9 Å². The first-order valence-electron chi connectivity index (χ1n) is 9.27. The minimum absolute atomic E-state index is 0.0910. The Morgan fingerprint density at radius 2 is 1.78 bits per heavy atom. The van der Waals surface area contributed by atoms with E-state index < -0.39 is 0 Å². The largest absolute Gasteiger partial charge is 0.489 e. The van der Waals surface area contributed by atoms with E-state index in [1.807, 2.05) is 62.1 Å². The Balaban J connectivity index is 1.62. The quantitative estimate of drug-likeness (QED) is 0.820. The van der Waals surface area contributed by atoms with Crippen molar-refractivity contribution in [1.82, 2.24) is 4.90 Å². The second-order valence-corrected chi connectivity index (χ2v) is 7.36. The lowest BCUT2D eigenvalue weighted by Crippen LogP contribution is -2.50. The van der Waals surface area contributed by atoms with Gasteiger partial charge in [0.2, 0.25) is 0 Å². The SMILES string of the molecule is Cc1c(Cl)cccc1NC(=O)N1CCN(c2ccccc2OC(C)C)CC1. The molecular formula is C21H26ClN3O2. The van der Waals surface area contributed by atoms with Gasteiger partial charge in [0.25, 0.3) is 0 Å². The van der Waals surface area contributed by atoms with Gasteiger partial charge in [0.05, 0.1) is 11.8 Å². The predicted molar refractivity (Wildman–Crippen MR) is 111 cm³/mol. The van der Waals surface area contributed by atoms with Crippen molar-refractivity contribution in [2.45, 2.75) is 26.9 Å². The second-order valence-electron chi connectivity index (χ2n) is 6.95. The summed E-state index contributed by atoms with van der Waals surface area (Å²) in [5, 5.41) is 3.62. The fourth-order valence-corrected chi connectivity index (χ4v) is 3.33. The molecule has 6 heteroatoms. The zero-order valence-corrected chi connectivity index (χ0v) is 16.8. The van der Waals surface area contributed by atoms with Crippen LogP contribution in [0.2, 0.25) is 5.02 Å². The zero-order valence-electron chi connectivity index (χ0n) is 16.0. The first kappa shape index (κ1) is 19.4. The zero-order chi connectivity index (χ0) is 19.4. The maximum absolute atomic E-state index is 12.6. The Morgan fingerprint density at radius 3 is 2.48 bits per heavy atom. The number of hydrogen-bond donors (Lipinski definition) is 1. The molecule has 2 amide bonds. The average molecular weight is 388 g/mol. The number of para-hydroxylation sites is 2. The number of piperazine rings is 1. The number of anilines is 2. The summed E-state index contributed by atoms with van der Waals surface area (Å²) in [5.74, 6) is 0.889. The van der Waals surface area contributed by atoms with Crippen molar-refractivity contribution in [3.05, 3.63) is 53.1 Å². The maximum atomic E-state index is 12.6. The van der Waals surface area contributed by atoms with Gasteiger partial charge < -0.3 is 19.9 Å². The van der Waals surface area contributed by atoms with Crippen molar-refractivity contribution >= 4 is 29.0 Å². The highest BCUT2D eigenvalue weighted by Crippen LogP contribution is 2.30. The normalized spacial score (nSPS) is 14.4. The van der Waals surface area contributed by atoms with Crippen LogP contribution in [0.4, 0.5) is 16.2 Å². The van der Waals surface area contributed by atoms with Gasteiger partial charge in [0.1, 0.15) is 5.75 Å². The van der Waals surface area contributed by atoms with E-state index in [0.717, 1.165) is 35.8 Å². The van der Waals surface area contributed by atoms with E-state index in [2.05, 4.69) is 16.3 Å². The highest BCUT2D eigenvalue weighted by molar-refractivity contribution is 6.31. The number of carbonyl (C=O) groups excluding carboxylic acids is 1. The number of halogens is 1. The molecule has 0 unspecified atom stereocenters. The van der Waals surface area contributed by atoms with Crippen LogP contribution in [-0.2, 0) is 0 Å². The van der Waals surface area contributed by atoms with E-state index in [1.54, 1.807) is 0 Å². The molecule has 0 aromatic heterocycles. The van der Waals surface area contributed by atoms with E-state index in [-0.39, 0.29) is 12.1 Å². The monoisotopic (exact) mass is 387 g/mol. The summed E-state index contributed by atoms with van der Waals surface area (Å²) in [4.78, 5) is 16.7. The van der Waals surface area contributed by atoms with E-state index in [9.17, 15) is 4.79 Å². The Morgan fingerprint density at radius 1 is 1.07 bits per heavy atom. The molecule has 2 aromatic carbocycles. The van der Waals surface area contributed by atoms with Crippen LogP contribution in [0, 0.1) is 6.92 Å². The molecule has 3 rings (SSSR count). The minimum Gasteiger partial charge on any atom is -0.489 e. The van der Waals surface area contributed by atoms with Crippen LogP contribution in [0.25, 0.3) is 0 Å². The molecule has 0 radical (unpaired) electrons. The minimum atomic E-state index is -0.0910. The Hall–Kier alpha value is -2.40. The molecule has 0 atom stereocenters. The number of benzene rings is 2. The molecule has 2 aromatic rings. The lowest BCUT2D eigenvalue weighted by atomic mass is 10.2. The summed E-state index contributed by atoms with van der Waals surface area (Å²) in [6, 6.07) is 13.5. The van der Waals surface area contributed by atoms with Crippen molar-refractivity contribution in [3.8, 4) is 5.75 Å². The topological polar surface area (TPSA) is 44.8 Å². The molecule has 1 N–H and O–H groups in total. The summed E-state index contributed by atoms with van der Waals surface area (Å²) in [6.07, 6.45) is 0.124. The summed E-state index contributed by atoms with van der Waals surface area (Å²) >= 11 is 6.14. The highest BCUT2D eigenvalue weighted by Gasteiger charge is 2.23. The number of hydrogen-bond acceptors (Lipinski definition) is 3. The van der Waals surface area contributed by atoms with Gasteiger partial charge in [-0.3, -0.25) is 0 Å². The van der Waals surface area contributed by atoms with Gasteiger partial charge in [-0.25, -0.2) is 4.79 Å². The van der Waals surface area contributed by atoms with E-state index in [0.29, 0.717) is 18.1 Å². The molecule has 1 aliphatic heterocycles. The van der Waals surface area contributed by atoms with Crippen LogP contribution < -0.4 is 15.0 Å².